The molecular weight excluding hydrogens is 323 g/mol. The summed E-state index contributed by atoms with van der Waals surface area (Å²) in [5, 5.41) is 0. The maximum absolute atomic E-state index is 13.6. The van der Waals surface area contributed by atoms with Crippen molar-refractivity contribution in [3.05, 3.63) is 24.1 Å². The van der Waals surface area contributed by atoms with Gasteiger partial charge < -0.3 is 9.64 Å². The third-order valence-electron chi connectivity index (χ3n) is 4.47. The molecule has 1 atom stereocenters. The van der Waals surface area contributed by atoms with Crippen molar-refractivity contribution in [2.45, 2.75) is 36.5 Å². The van der Waals surface area contributed by atoms with Crippen LogP contribution >= 0.6 is 0 Å². The van der Waals surface area contributed by atoms with E-state index in [1.807, 2.05) is 0 Å². The van der Waals surface area contributed by atoms with Crippen molar-refractivity contribution in [2.75, 3.05) is 19.3 Å². The molecule has 1 saturated heterocycles. The van der Waals surface area contributed by atoms with Gasteiger partial charge in [-0.3, -0.25) is 4.79 Å². The number of hydrogen-bond acceptors (Lipinski definition) is 5. The zero-order chi connectivity index (χ0) is 16.7. The number of carbonyl (C=O) groups excluding carboxylic acids is 1. The van der Waals surface area contributed by atoms with Crippen LogP contribution in [0.2, 0.25) is 0 Å². The number of piperidine rings is 1. The third-order valence-corrected chi connectivity index (χ3v) is 6.47. The van der Waals surface area contributed by atoms with Gasteiger partial charge in [0.05, 0.1) is 6.54 Å². The summed E-state index contributed by atoms with van der Waals surface area (Å²) in [5.74, 6) is -0.989. The van der Waals surface area contributed by atoms with Crippen molar-refractivity contribution in [3.8, 4) is 5.88 Å². The Kier molecular flexibility index (Phi) is 4.03. The number of amides is 1. The molecule has 1 saturated carbocycles. The SMILES string of the molecule is CS(=O)(=O)C1(C(=O)N2CCC[C@H](Oc3ncccc3F)C2)CC1. The Morgan fingerprint density at radius 2 is 2.22 bits per heavy atom. The summed E-state index contributed by atoms with van der Waals surface area (Å²) in [6, 6.07) is 2.73. The number of halogens is 1. The smallest absolute Gasteiger partial charge is 0.250 e. The first-order valence-electron chi connectivity index (χ1n) is 7.60. The van der Waals surface area contributed by atoms with Crippen LogP contribution in [0.1, 0.15) is 25.7 Å². The lowest BCUT2D eigenvalue weighted by Gasteiger charge is -2.34. The minimum Gasteiger partial charge on any atom is -0.470 e. The molecule has 1 aromatic rings. The minimum atomic E-state index is -3.43. The van der Waals surface area contributed by atoms with Gasteiger partial charge in [-0.15, -0.1) is 0 Å². The Labute approximate surface area is 134 Å². The molecule has 1 aliphatic heterocycles. The Morgan fingerprint density at radius 1 is 1.48 bits per heavy atom. The molecule has 1 amide bonds. The summed E-state index contributed by atoms with van der Waals surface area (Å²) in [4.78, 5) is 18.0. The molecule has 3 rings (SSSR count). The number of aromatic nitrogens is 1. The third kappa shape index (κ3) is 3.04. The number of sulfone groups is 1. The number of likely N-dealkylation sites (tertiary alicyclic amines) is 1. The molecule has 1 aliphatic carbocycles. The molecule has 0 spiro atoms. The fourth-order valence-electron chi connectivity index (χ4n) is 2.98. The maximum atomic E-state index is 13.6. The number of rotatable bonds is 4. The minimum absolute atomic E-state index is 0.0870. The largest absolute Gasteiger partial charge is 0.470 e. The molecule has 2 heterocycles. The summed E-state index contributed by atoms with van der Waals surface area (Å²) < 4.78 is 41.7. The van der Waals surface area contributed by atoms with Crippen molar-refractivity contribution in [1.29, 1.82) is 0 Å². The molecule has 1 aromatic heterocycles. The first-order valence-corrected chi connectivity index (χ1v) is 9.49. The van der Waals surface area contributed by atoms with Gasteiger partial charge in [0, 0.05) is 19.0 Å². The lowest BCUT2D eigenvalue weighted by molar-refractivity contribution is -0.134. The van der Waals surface area contributed by atoms with Crippen molar-refractivity contribution in [2.24, 2.45) is 0 Å². The molecule has 2 aliphatic rings. The number of nitrogens with zero attached hydrogens (tertiary/aromatic N) is 2. The van der Waals surface area contributed by atoms with Crippen LogP contribution in [0.3, 0.4) is 0 Å². The molecule has 0 bridgehead atoms. The van der Waals surface area contributed by atoms with E-state index in [0.29, 0.717) is 32.2 Å². The molecule has 0 aromatic carbocycles. The lowest BCUT2D eigenvalue weighted by atomic mass is 10.1. The van der Waals surface area contributed by atoms with E-state index in [4.69, 9.17) is 4.74 Å². The van der Waals surface area contributed by atoms with Crippen molar-refractivity contribution in [1.82, 2.24) is 9.88 Å². The second-order valence-corrected chi connectivity index (χ2v) is 8.52. The number of ether oxygens (including phenoxy) is 1. The summed E-state index contributed by atoms with van der Waals surface area (Å²) in [5.41, 5.74) is 0. The molecule has 0 N–H and O–H groups in total. The highest BCUT2D eigenvalue weighted by molar-refractivity contribution is 7.93. The fraction of sp³-hybridized carbons (Fsp3) is 0.600. The molecule has 23 heavy (non-hydrogen) atoms. The molecular formula is C15H19FN2O4S. The van der Waals surface area contributed by atoms with Gasteiger partial charge in [0.25, 0.3) is 5.88 Å². The monoisotopic (exact) mass is 342 g/mol. The van der Waals surface area contributed by atoms with E-state index in [-0.39, 0.29) is 24.4 Å². The Morgan fingerprint density at radius 3 is 2.83 bits per heavy atom. The number of hydrogen-bond donors (Lipinski definition) is 0. The van der Waals surface area contributed by atoms with Crippen molar-refractivity contribution in [3.63, 3.8) is 0 Å². The van der Waals surface area contributed by atoms with E-state index in [0.717, 1.165) is 6.26 Å². The van der Waals surface area contributed by atoms with Gasteiger partial charge >= 0.3 is 0 Å². The molecule has 0 unspecified atom stereocenters. The van der Waals surface area contributed by atoms with Crippen molar-refractivity contribution < 1.29 is 22.3 Å². The fourth-order valence-corrected chi connectivity index (χ4v) is 4.27. The van der Waals surface area contributed by atoms with Crippen LogP contribution in [0.5, 0.6) is 5.88 Å². The van der Waals surface area contributed by atoms with Crippen LogP contribution in [0, 0.1) is 5.82 Å². The van der Waals surface area contributed by atoms with E-state index in [9.17, 15) is 17.6 Å². The van der Waals surface area contributed by atoms with E-state index >= 15 is 0 Å². The molecule has 126 valence electrons. The molecule has 6 nitrogen and oxygen atoms in total. The predicted octanol–water partition coefficient (Wildman–Crippen LogP) is 1.17. The second-order valence-electron chi connectivity index (χ2n) is 6.19. The Bertz CT molecular complexity index is 718. The number of pyridine rings is 1. The van der Waals surface area contributed by atoms with Gasteiger partial charge in [0.1, 0.15) is 6.10 Å². The molecule has 0 radical (unpaired) electrons. The summed E-state index contributed by atoms with van der Waals surface area (Å²) in [6.07, 6.45) is 4.28. The summed E-state index contributed by atoms with van der Waals surface area (Å²) in [7, 11) is -3.43. The van der Waals surface area contributed by atoms with Crippen LogP contribution < -0.4 is 4.74 Å². The average Bonchev–Trinajstić information content (AvgIpc) is 3.31. The Hall–Kier alpha value is -1.70. The van der Waals surface area contributed by atoms with Crippen molar-refractivity contribution >= 4 is 15.7 Å². The molecule has 2 fully saturated rings. The average molecular weight is 342 g/mol. The van der Waals surface area contributed by atoms with Gasteiger partial charge in [-0.2, -0.15) is 0 Å². The summed E-state index contributed by atoms with van der Waals surface area (Å²) >= 11 is 0. The van der Waals surface area contributed by atoms with Gasteiger partial charge in [-0.25, -0.2) is 17.8 Å². The van der Waals surface area contributed by atoms with Gasteiger partial charge in [-0.1, -0.05) is 0 Å². The van der Waals surface area contributed by atoms with Gasteiger partial charge in [-0.05, 0) is 37.8 Å². The lowest BCUT2D eigenvalue weighted by Crippen LogP contribution is -2.51. The predicted molar refractivity (Wildman–Crippen MR) is 81.2 cm³/mol. The van der Waals surface area contributed by atoms with E-state index < -0.39 is 20.4 Å². The number of carbonyl (C=O) groups is 1. The van der Waals surface area contributed by atoms with Gasteiger partial charge in [0.15, 0.2) is 20.4 Å². The zero-order valence-electron chi connectivity index (χ0n) is 12.9. The topological polar surface area (TPSA) is 76.6 Å². The molecule has 8 heteroatoms. The maximum Gasteiger partial charge on any atom is 0.250 e. The van der Waals surface area contributed by atoms with Crippen LogP contribution in [-0.2, 0) is 14.6 Å². The highest BCUT2D eigenvalue weighted by Gasteiger charge is 2.60. The standard InChI is InChI=1S/C15H19FN2O4S/c1-23(20,21)15(6-7-15)14(19)18-9-3-4-11(10-18)22-13-12(16)5-2-8-17-13/h2,5,8,11H,3-4,6-7,9-10H2,1H3/t11-/m0/s1. The highest BCUT2D eigenvalue weighted by Crippen LogP contribution is 2.45. The first kappa shape index (κ1) is 16.2. The van der Waals surface area contributed by atoms with Crippen LogP contribution in [0.4, 0.5) is 4.39 Å². The highest BCUT2D eigenvalue weighted by atomic mass is 32.2. The van der Waals surface area contributed by atoms with E-state index in [1.54, 1.807) is 0 Å². The first-order chi connectivity index (χ1) is 10.8. The van der Waals surface area contributed by atoms with Crippen LogP contribution in [0.15, 0.2) is 18.3 Å². The van der Waals surface area contributed by atoms with E-state index in [1.165, 1.54) is 23.2 Å². The van der Waals surface area contributed by atoms with Gasteiger partial charge in [0.2, 0.25) is 5.91 Å². The zero-order valence-corrected chi connectivity index (χ0v) is 13.7. The van der Waals surface area contributed by atoms with E-state index in [2.05, 4.69) is 4.98 Å². The normalized spacial score (nSPS) is 23.4. The summed E-state index contributed by atoms with van der Waals surface area (Å²) in [6.45, 7) is 0.757. The quantitative estimate of drug-likeness (QED) is 0.821. The van der Waals surface area contributed by atoms with Crippen LogP contribution in [-0.4, -0.2) is 54.4 Å². The van der Waals surface area contributed by atoms with Crippen LogP contribution in [0.25, 0.3) is 0 Å². The second kappa shape index (κ2) is 5.74. The Balaban J connectivity index is 1.70.